The summed E-state index contributed by atoms with van der Waals surface area (Å²) < 4.78 is 5.13. The fourth-order valence-corrected chi connectivity index (χ4v) is 3.17. The van der Waals surface area contributed by atoms with Crippen LogP contribution in [0.3, 0.4) is 0 Å². The second kappa shape index (κ2) is 11.6. The van der Waals surface area contributed by atoms with Crippen LogP contribution in [0.15, 0.2) is 0 Å². The minimum Gasteiger partial charge on any atom is -0.393 e. The van der Waals surface area contributed by atoms with Gasteiger partial charge in [-0.25, -0.2) is 0 Å². The zero-order chi connectivity index (χ0) is 22.2. The van der Waals surface area contributed by atoms with Crippen LogP contribution in [0.25, 0.3) is 0 Å². The SMILES string of the molecule is CC(C)CCCCC(=O)NC(C(=O)NC(CC(C)C)C(=O)[C@@]1(CO)CO1)[C@@H](C)O. The maximum atomic E-state index is 12.7. The molecule has 1 rings (SSSR count). The molecule has 1 aliphatic heterocycles. The molecule has 0 aliphatic carbocycles. The highest BCUT2D eigenvalue weighted by Crippen LogP contribution is 2.30. The fourth-order valence-electron chi connectivity index (χ4n) is 3.17. The summed E-state index contributed by atoms with van der Waals surface area (Å²) in [6.07, 6.45) is 2.19. The molecule has 1 saturated heterocycles. The molecule has 168 valence electrons. The normalized spacial score (nSPS) is 21.6. The summed E-state index contributed by atoms with van der Waals surface area (Å²) in [5, 5.41) is 24.7. The number of unbranched alkanes of at least 4 members (excludes halogenated alkanes) is 1. The Hall–Kier alpha value is -1.51. The zero-order valence-corrected chi connectivity index (χ0v) is 18.4. The highest BCUT2D eigenvalue weighted by molar-refractivity contribution is 5.98. The Bertz CT molecular complexity index is 557. The van der Waals surface area contributed by atoms with Gasteiger partial charge in [0.2, 0.25) is 11.8 Å². The largest absolute Gasteiger partial charge is 0.393 e. The third kappa shape index (κ3) is 8.40. The van der Waals surface area contributed by atoms with E-state index in [1.165, 1.54) is 6.92 Å². The Kier molecular flexibility index (Phi) is 10.2. The summed E-state index contributed by atoms with van der Waals surface area (Å²) >= 11 is 0. The van der Waals surface area contributed by atoms with E-state index in [9.17, 15) is 24.6 Å². The highest BCUT2D eigenvalue weighted by Gasteiger charge is 2.54. The lowest BCUT2D eigenvalue weighted by atomic mass is 9.92. The standard InChI is InChI=1S/C21H38N2O6/c1-13(2)8-6-7-9-17(26)23-18(15(5)25)20(28)22-16(10-14(3)4)19(27)21(11-24)12-29-21/h13-16,18,24-25H,6-12H2,1-5H3,(H,22,28)(H,23,26)/t15-,16?,18?,21-/m1/s1. The minimum atomic E-state index is -1.24. The number of rotatable bonds is 14. The van der Waals surface area contributed by atoms with Crippen LogP contribution in [0.2, 0.25) is 0 Å². The predicted octanol–water partition coefficient (Wildman–Crippen LogP) is 0.930. The van der Waals surface area contributed by atoms with Gasteiger partial charge in [-0.15, -0.1) is 0 Å². The number of carbonyl (C=O) groups is 3. The number of ketones is 1. The molecule has 8 heteroatoms. The molecule has 2 amide bonds. The van der Waals surface area contributed by atoms with E-state index in [1.807, 2.05) is 13.8 Å². The van der Waals surface area contributed by atoms with E-state index in [0.29, 0.717) is 18.8 Å². The molecule has 8 nitrogen and oxygen atoms in total. The lowest BCUT2D eigenvalue weighted by Gasteiger charge is -2.26. The number of carbonyl (C=O) groups excluding carboxylic acids is 3. The average Bonchev–Trinajstić information content (AvgIpc) is 3.42. The first-order valence-corrected chi connectivity index (χ1v) is 10.6. The number of Topliss-reactive ketones (excluding diaryl/α,β-unsaturated/α-hetero) is 1. The molecule has 29 heavy (non-hydrogen) atoms. The molecule has 2 unspecified atom stereocenters. The summed E-state index contributed by atoms with van der Waals surface area (Å²) in [7, 11) is 0. The van der Waals surface area contributed by atoms with E-state index in [-0.39, 0.29) is 30.6 Å². The van der Waals surface area contributed by atoms with Gasteiger partial charge in [-0.05, 0) is 31.6 Å². The summed E-state index contributed by atoms with van der Waals surface area (Å²) in [4.78, 5) is 37.7. The topological polar surface area (TPSA) is 128 Å². The molecule has 0 aromatic carbocycles. The Morgan fingerprint density at radius 2 is 1.66 bits per heavy atom. The van der Waals surface area contributed by atoms with E-state index in [0.717, 1.165) is 12.8 Å². The van der Waals surface area contributed by atoms with Gasteiger partial charge >= 0.3 is 0 Å². The Labute approximate surface area is 173 Å². The molecule has 1 fully saturated rings. The zero-order valence-electron chi connectivity index (χ0n) is 18.4. The molecule has 0 spiro atoms. The van der Waals surface area contributed by atoms with Gasteiger partial charge < -0.3 is 25.6 Å². The molecule has 0 aromatic rings. The van der Waals surface area contributed by atoms with Crippen molar-refractivity contribution in [2.45, 2.75) is 90.5 Å². The van der Waals surface area contributed by atoms with E-state index in [2.05, 4.69) is 24.5 Å². The predicted molar refractivity (Wildman–Crippen MR) is 109 cm³/mol. The average molecular weight is 415 g/mol. The number of epoxide rings is 1. The lowest BCUT2D eigenvalue weighted by Crippen LogP contribution is -2.57. The van der Waals surface area contributed by atoms with Crippen molar-refractivity contribution in [2.75, 3.05) is 13.2 Å². The van der Waals surface area contributed by atoms with Gasteiger partial charge in [0.25, 0.3) is 0 Å². The van der Waals surface area contributed by atoms with Crippen molar-refractivity contribution in [1.29, 1.82) is 0 Å². The van der Waals surface area contributed by atoms with Crippen molar-refractivity contribution in [3.05, 3.63) is 0 Å². The molecule has 4 N–H and O–H groups in total. The second-order valence-electron chi connectivity index (χ2n) is 8.92. The summed E-state index contributed by atoms with van der Waals surface area (Å²) in [5.74, 6) is -0.630. The van der Waals surface area contributed by atoms with Crippen LogP contribution in [-0.2, 0) is 19.1 Å². The first-order chi connectivity index (χ1) is 13.5. The molecular weight excluding hydrogens is 376 g/mol. The van der Waals surface area contributed by atoms with Crippen LogP contribution < -0.4 is 10.6 Å². The third-order valence-electron chi connectivity index (χ3n) is 5.05. The van der Waals surface area contributed by atoms with Crippen molar-refractivity contribution in [3.63, 3.8) is 0 Å². The van der Waals surface area contributed by atoms with Gasteiger partial charge in [0, 0.05) is 6.42 Å². The van der Waals surface area contributed by atoms with Crippen molar-refractivity contribution in [3.8, 4) is 0 Å². The van der Waals surface area contributed by atoms with Gasteiger partial charge in [-0.2, -0.15) is 0 Å². The van der Waals surface area contributed by atoms with Crippen LogP contribution in [0.4, 0.5) is 0 Å². The number of aliphatic hydroxyl groups is 2. The molecule has 0 saturated carbocycles. The number of hydrogen-bond donors (Lipinski definition) is 4. The van der Waals surface area contributed by atoms with Crippen molar-refractivity contribution in [2.24, 2.45) is 11.8 Å². The van der Waals surface area contributed by atoms with Crippen molar-refractivity contribution < 1.29 is 29.3 Å². The number of aliphatic hydroxyl groups excluding tert-OH is 2. The maximum Gasteiger partial charge on any atom is 0.245 e. The number of ether oxygens (including phenoxy) is 1. The molecule has 0 radical (unpaired) electrons. The highest BCUT2D eigenvalue weighted by atomic mass is 16.6. The monoisotopic (exact) mass is 414 g/mol. The van der Waals surface area contributed by atoms with Gasteiger partial charge in [-0.1, -0.05) is 40.5 Å². The number of amides is 2. The second-order valence-corrected chi connectivity index (χ2v) is 8.92. The molecule has 0 bridgehead atoms. The van der Waals surface area contributed by atoms with Crippen LogP contribution in [-0.4, -0.2) is 64.8 Å². The van der Waals surface area contributed by atoms with Crippen LogP contribution in [0.1, 0.15) is 66.7 Å². The Morgan fingerprint density at radius 1 is 1.03 bits per heavy atom. The summed E-state index contributed by atoms with van der Waals surface area (Å²) in [6.45, 7) is 9.17. The van der Waals surface area contributed by atoms with Crippen molar-refractivity contribution >= 4 is 17.6 Å². The molecule has 0 aromatic heterocycles. The van der Waals surface area contributed by atoms with Crippen LogP contribution >= 0.6 is 0 Å². The van der Waals surface area contributed by atoms with E-state index < -0.39 is 36.3 Å². The maximum absolute atomic E-state index is 12.7. The number of nitrogens with one attached hydrogen (secondary N) is 2. The summed E-state index contributed by atoms with van der Waals surface area (Å²) in [5.41, 5.74) is -1.24. The first-order valence-electron chi connectivity index (χ1n) is 10.6. The van der Waals surface area contributed by atoms with E-state index in [4.69, 9.17) is 4.74 Å². The lowest BCUT2D eigenvalue weighted by molar-refractivity contribution is -0.135. The van der Waals surface area contributed by atoms with E-state index >= 15 is 0 Å². The Balaban J connectivity index is 2.70. The summed E-state index contributed by atoms with van der Waals surface area (Å²) in [6, 6.07) is -2.01. The van der Waals surface area contributed by atoms with Gasteiger partial charge in [-0.3, -0.25) is 14.4 Å². The van der Waals surface area contributed by atoms with Gasteiger partial charge in [0.15, 0.2) is 11.4 Å². The van der Waals surface area contributed by atoms with Gasteiger partial charge in [0.1, 0.15) is 6.04 Å². The van der Waals surface area contributed by atoms with Crippen molar-refractivity contribution in [1.82, 2.24) is 10.6 Å². The third-order valence-corrected chi connectivity index (χ3v) is 5.05. The molecule has 1 heterocycles. The quantitative estimate of drug-likeness (QED) is 0.247. The fraction of sp³-hybridized carbons (Fsp3) is 0.857. The number of hydrogen-bond acceptors (Lipinski definition) is 6. The smallest absolute Gasteiger partial charge is 0.245 e. The first kappa shape index (κ1) is 25.5. The van der Waals surface area contributed by atoms with E-state index in [1.54, 1.807) is 0 Å². The van der Waals surface area contributed by atoms with Gasteiger partial charge in [0.05, 0.1) is 25.4 Å². The Morgan fingerprint density at radius 3 is 2.10 bits per heavy atom. The van der Waals surface area contributed by atoms with Crippen LogP contribution in [0.5, 0.6) is 0 Å². The molecular formula is C21H38N2O6. The molecule has 4 atom stereocenters. The van der Waals surface area contributed by atoms with Crippen LogP contribution in [0, 0.1) is 11.8 Å². The molecule has 1 aliphatic rings. The minimum absolute atomic E-state index is 0.110.